The number of phenolic OH excluding ortho intramolecular Hbond substituents is 1. The molecule has 2 saturated heterocycles. The van der Waals surface area contributed by atoms with Crippen LogP contribution < -0.4 is 0 Å². The van der Waals surface area contributed by atoms with Crippen LogP contribution in [0, 0.1) is 6.92 Å². The lowest BCUT2D eigenvalue weighted by Gasteiger charge is -2.40. The van der Waals surface area contributed by atoms with E-state index in [4.69, 9.17) is 4.74 Å². The number of hydrogen-bond donors (Lipinski definition) is 5. The number of carbonyl (C=O) groups excluding carboxylic acids is 1. The first-order valence-corrected chi connectivity index (χ1v) is 14.2. The second-order valence-corrected chi connectivity index (χ2v) is 11.1. The van der Waals surface area contributed by atoms with Gasteiger partial charge in [0, 0.05) is 18.4 Å². The van der Waals surface area contributed by atoms with E-state index >= 15 is 0 Å². The number of carbonyl (C=O) groups is 1. The minimum Gasteiger partial charge on any atom is -0.508 e. The third-order valence-electron chi connectivity index (χ3n) is 8.15. The molecule has 0 unspecified atom stereocenters. The number of aliphatic hydroxyl groups is 4. The molecule has 2 aromatic rings. The van der Waals surface area contributed by atoms with E-state index in [0.29, 0.717) is 30.6 Å². The minimum absolute atomic E-state index is 0.0819. The van der Waals surface area contributed by atoms with E-state index in [-0.39, 0.29) is 5.75 Å². The number of Topliss-reactive ketones (excluding diaryl/α,β-unsaturated/α-hetero) is 1. The van der Waals surface area contributed by atoms with Crippen molar-refractivity contribution < 1.29 is 35.1 Å². The highest BCUT2D eigenvalue weighted by atomic mass is 16.5. The topological polar surface area (TPSA) is 131 Å². The maximum Gasteiger partial charge on any atom is 0.132 e. The van der Waals surface area contributed by atoms with Gasteiger partial charge in [-0.15, -0.1) is 0 Å². The van der Waals surface area contributed by atoms with Crippen LogP contribution in [0.3, 0.4) is 0 Å². The maximum atomic E-state index is 12.3. The summed E-state index contributed by atoms with van der Waals surface area (Å²) < 4.78 is 5.66. The molecule has 8 heteroatoms. The zero-order valence-corrected chi connectivity index (χ0v) is 22.8. The van der Waals surface area contributed by atoms with Crippen LogP contribution in [0.15, 0.2) is 36.4 Å². The number of rotatable bonds is 12. The molecule has 0 aromatic heterocycles. The highest BCUT2D eigenvalue weighted by Gasteiger charge is 2.44. The molecule has 2 aliphatic rings. The van der Waals surface area contributed by atoms with Crippen LogP contribution in [-0.2, 0) is 22.4 Å². The molecule has 8 nitrogen and oxygen atoms in total. The van der Waals surface area contributed by atoms with Crippen LogP contribution in [0.25, 0.3) is 0 Å². The van der Waals surface area contributed by atoms with E-state index in [2.05, 4.69) is 29.2 Å². The van der Waals surface area contributed by atoms with E-state index in [9.17, 15) is 30.3 Å². The molecule has 5 atom stereocenters. The standard InChI is InChI=1S/C31H43NO7/c1-20-16-26(35)25(31-30(38)29(37)28(36)27(19-33)39-31)18-23(20)17-22-11-9-21(10-12-22)6-4-7-24(34)8-5-15-32-13-2-3-14-32/h9-12,16,18,27-31,33,35-38H,2-8,13-15,17,19H2,1H3/t27-,28-,29+,30-,31+/m1/s1. The SMILES string of the molecule is Cc1cc(O)c([C@@H]2O[C@H](CO)[C@@H](O)[C@H](O)[C@H]2O)cc1Cc1ccc(CCCC(=O)CCCN2CCCC2)cc1. The van der Waals surface area contributed by atoms with Gasteiger partial charge in [-0.25, -0.2) is 0 Å². The Hall–Kier alpha value is -2.33. The quantitative estimate of drug-likeness (QED) is 0.277. The van der Waals surface area contributed by atoms with Gasteiger partial charge in [0.1, 0.15) is 42.1 Å². The van der Waals surface area contributed by atoms with Crippen LogP contribution in [0.5, 0.6) is 5.75 Å². The van der Waals surface area contributed by atoms with Gasteiger partial charge in [0.05, 0.1) is 6.61 Å². The summed E-state index contributed by atoms with van der Waals surface area (Å²) in [7, 11) is 0. The molecule has 2 aliphatic heterocycles. The highest BCUT2D eigenvalue weighted by Crippen LogP contribution is 2.38. The van der Waals surface area contributed by atoms with Crippen LogP contribution in [-0.4, -0.2) is 86.9 Å². The number of likely N-dealkylation sites (tertiary alicyclic amines) is 1. The highest BCUT2D eigenvalue weighted by molar-refractivity contribution is 5.78. The Morgan fingerprint density at radius 1 is 0.949 bits per heavy atom. The fourth-order valence-electron chi connectivity index (χ4n) is 5.70. The van der Waals surface area contributed by atoms with Gasteiger partial charge in [0.2, 0.25) is 0 Å². The Morgan fingerprint density at radius 2 is 1.62 bits per heavy atom. The average Bonchev–Trinajstić information content (AvgIpc) is 3.44. The molecular formula is C31H43NO7. The first-order valence-electron chi connectivity index (χ1n) is 14.2. The molecule has 5 N–H and O–H groups in total. The third-order valence-corrected chi connectivity index (χ3v) is 8.15. The number of phenols is 1. The lowest BCUT2D eigenvalue weighted by molar-refractivity contribution is -0.232. The van der Waals surface area contributed by atoms with Gasteiger partial charge in [-0.3, -0.25) is 4.79 Å². The van der Waals surface area contributed by atoms with Crippen molar-refractivity contribution in [2.75, 3.05) is 26.2 Å². The smallest absolute Gasteiger partial charge is 0.132 e. The average molecular weight is 542 g/mol. The number of aliphatic hydroxyl groups excluding tert-OH is 4. The van der Waals surface area contributed by atoms with Crippen molar-refractivity contribution in [2.45, 2.75) is 88.8 Å². The number of ketones is 1. The first kappa shape index (κ1) is 29.6. The molecular weight excluding hydrogens is 498 g/mol. The van der Waals surface area contributed by atoms with E-state index in [1.54, 1.807) is 12.1 Å². The fraction of sp³-hybridized carbons (Fsp3) is 0.581. The summed E-state index contributed by atoms with van der Waals surface area (Å²) in [6, 6.07) is 11.6. The second kappa shape index (κ2) is 13.8. The Balaban J connectivity index is 1.31. The third kappa shape index (κ3) is 7.66. The summed E-state index contributed by atoms with van der Waals surface area (Å²) >= 11 is 0. The molecule has 0 spiro atoms. The number of benzene rings is 2. The summed E-state index contributed by atoms with van der Waals surface area (Å²) in [5.41, 5.74) is 4.35. The van der Waals surface area contributed by atoms with Crippen molar-refractivity contribution >= 4 is 5.78 Å². The van der Waals surface area contributed by atoms with Crippen molar-refractivity contribution in [3.8, 4) is 5.75 Å². The number of aryl methyl sites for hydroxylation is 2. The van der Waals surface area contributed by atoms with Crippen LogP contribution >= 0.6 is 0 Å². The number of nitrogens with zero attached hydrogens (tertiary/aromatic N) is 1. The number of hydrogen-bond acceptors (Lipinski definition) is 8. The van der Waals surface area contributed by atoms with Gasteiger partial charge in [0.25, 0.3) is 0 Å². The summed E-state index contributed by atoms with van der Waals surface area (Å²) in [6.07, 6.45) is 0.554. The first-order chi connectivity index (χ1) is 18.8. The molecule has 0 bridgehead atoms. The van der Waals surface area contributed by atoms with Gasteiger partial charge in [-0.2, -0.15) is 0 Å². The molecule has 2 heterocycles. The van der Waals surface area contributed by atoms with E-state index in [0.717, 1.165) is 42.5 Å². The monoisotopic (exact) mass is 541 g/mol. The number of ether oxygens (including phenoxy) is 1. The van der Waals surface area contributed by atoms with Gasteiger partial charge in [0.15, 0.2) is 0 Å². The van der Waals surface area contributed by atoms with Gasteiger partial charge < -0.3 is 35.2 Å². The van der Waals surface area contributed by atoms with Crippen molar-refractivity contribution in [2.24, 2.45) is 0 Å². The lowest BCUT2D eigenvalue weighted by atomic mass is 9.88. The van der Waals surface area contributed by atoms with Crippen molar-refractivity contribution in [1.29, 1.82) is 0 Å². The molecule has 39 heavy (non-hydrogen) atoms. The largest absolute Gasteiger partial charge is 0.508 e. The molecule has 0 radical (unpaired) electrons. The van der Waals surface area contributed by atoms with Gasteiger partial charge in [-0.05, 0) is 99.5 Å². The number of aromatic hydroxyl groups is 1. The predicted octanol–water partition coefficient (Wildman–Crippen LogP) is 2.57. The van der Waals surface area contributed by atoms with Gasteiger partial charge >= 0.3 is 0 Å². The molecule has 0 amide bonds. The Kier molecular flexibility index (Phi) is 10.5. The Morgan fingerprint density at radius 3 is 2.31 bits per heavy atom. The molecule has 2 aromatic carbocycles. The summed E-state index contributed by atoms with van der Waals surface area (Å²) in [5, 5.41) is 50.9. The van der Waals surface area contributed by atoms with Crippen molar-refractivity contribution in [1.82, 2.24) is 4.90 Å². The summed E-state index contributed by atoms with van der Waals surface area (Å²) in [6.45, 7) is 4.76. The van der Waals surface area contributed by atoms with E-state index in [1.807, 2.05) is 6.92 Å². The summed E-state index contributed by atoms with van der Waals surface area (Å²) in [5.74, 6) is 0.269. The van der Waals surface area contributed by atoms with E-state index < -0.39 is 37.1 Å². The Bertz CT molecular complexity index is 1080. The zero-order valence-electron chi connectivity index (χ0n) is 22.8. The predicted molar refractivity (Wildman–Crippen MR) is 148 cm³/mol. The van der Waals surface area contributed by atoms with Crippen molar-refractivity contribution in [3.63, 3.8) is 0 Å². The second-order valence-electron chi connectivity index (χ2n) is 11.1. The molecule has 214 valence electrons. The van der Waals surface area contributed by atoms with Crippen molar-refractivity contribution in [3.05, 3.63) is 64.2 Å². The van der Waals surface area contributed by atoms with E-state index in [1.165, 1.54) is 31.5 Å². The Labute approximate surface area is 230 Å². The van der Waals surface area contributed by atoms with Crippen LogP contribution in [0.1, 0.15) is 72.4 Å². The summed E-state index contributed by atoms with van der Waals surface area (Å²) in [4.78, 5) is 14.7. The zero-order chi connectivity index (χ0) is 27.9. The molecule has 0 aliphatic carbocycles. The fourth-order valence-corrected chi connectivity index (χ4v) is 5.70. The van der Waals surface area contributed by atoms with Gasteiger partial charge in [-0.1, -0.05) is 24.3 Å². The molecule has 0 saturated carbocycles. The molecule has 2 fully saturated rings. The lowest BCUT2D eigenvalue weighted by Crippen LogP contribution is -2.55. The maximum absolute atomic E-state index is 12.3. The minimum atomic E-state index is -1.51. The normalized spacial score (nSPS) is 25.7. The van der Waals surface area contributed by atoms with Crippen LogP contribution in [0.4, 0.5) is 0 Å². The molecule has 4 rings (SSSR count). The van der Waals surface area contributed by atoms with Crippen LogP contribution in [0.2, 0.25) is 0 Å².